The van der Waals surface area contributed by atoms with Gasteiger partial charge in [-0.25, -0.2) is 9.59 Å². The van der Waals surface area contributed by atoms with Gasteiger partial charge in [-0.15, -0.1) is 0 Å². The molecular weight excluding hydrogens is 769 g/mol. The Morgan fingerprint density at radius 1 is 0.452 bits per heavy atom. The Morgan fingerprint density at radius 2 is 0.823 bits per heavy atom. The molecule has 8 aromatic carbocycles. The second-order valence-corrected chi connectivity index (χ2v) is 15.1. The second kappa shape index (κ2) is 17.8. The average Bonchev–Trinajstić information content (AvgIpc) is 3.29. The van der Waals surface area contributed by atoms with Crippen molar-refractivity contribution >= 4 is 67.6 Å². The summed E-state index contributed by atoms with van der Waals surface area (Å²) in [5.74, 6) is 0.224. The first-order valence-electron chi connectivity index (χ1n) is 20.5. The van der Waals surface area contributed by atoms with Crippen LogP contribution in [0.4, 0.5) is 34.1 Å². The van der Waals surface area contributed by atoms with Gasteiger partial charge in [-0.05, 0) is 163 Å². The molecule has 0 aliphatic heterocycles. The van der Waals surface area contributed by atoms with E-state index >= 15 is 0 Å². The summed E-state index contributed by atoms with van der Waals surface area (Å²) < 4.78 is 17.0. The molecule has 0 fully saturated rings. The number of carbonyl (C=O) groups is 2. The van der Waals surface area contributed by atoms with E-state index in [2.05, 4.69) is 158 Å². The average molecular weight is 815 g/mol. The van der Waals surface area contributed by atoms with Crippen molar-refractivity contribution in [1.82, 2.24) is 0 Å². The summed E-state index contributed by atoms with van der Waals surface area (Å²) in [6.45, 7) is 15.5. The van der Waals surface area contributed by atoms with Crippen molar-refractivity contribution in [2.24, 2.45) is 0 Å². The first kappa shape index (κ1) is 40.9. The quantitative estimate of drug-likeness (QED) is 0.0652. The third-order valence-corrected chi connectivity index (χ3v) is 10.7. The van der Waals surface area contributed by atoms with Gasteiger partial charge in [0.25, 0.3) is 0 Å². The number of anilines is 6. The van der Waals surface area contributed by atoms with Crippen LogP contribution in [0, 0.1) is 20.8 Å². The number of esters is 2. The van der Waals surface area contributed by atoms with E-state index in [-0.39, 0.29) is 0 Å². The Morgan fingerprint density at radius 3 is 1.27 bits per heavy atom. The Bertz CT molecular complexity index is 2910. The molecule has 0 saturated carbocycles. The first-order valence-corrected chi connectivity index (χ1v) is 20.5. The van der Waals surface area contributed by atoms with E-state index < -0.39 is 11.9 Å². The largest absolute Gasteiger partial charge is 0.490 e. The molecule has 0 atom stereocenters. The molecule has 7 nitrogen and oxygen atoms in total. The normalized spacial score (nSPS) is 10.9. The fraction of sp³-hybridized carbons (Fsp3) is 0.0909. The van der Waals surface area contributed by atoms with Gasteiger partial charge in [0.2, 0.25) is 0 Å². The number of benzene rings is 8. The second-order valence-electron chi connectivity index (χ2n) is 15.1. The monoisotopic (exact) mass is 814 g/mol. The number of aryl methyl sites for hydroxylation is 3. The summed E-state index contributed by atoms with van der Waals surface area (Å²) in [5.41, 5.74) is 11.5. The fourth-order valence-electron chi connectivity index (χ4n) is 7.55. The van der Waals surface area contributed by atoms with Crippen molar-refractivity contribution in [2.75, 3.05) is 16.4 Å². The van der Waals surface area contributed by atoms with Crippen molar-refractivity contribution in [3.05, 3.63) is 200 Å². The number of fused-ring (bicyclic) bond motifs is 2. The molecule has 7 heteroatoms. The molecule has 0 aliphatic rings. The zero-order chi connectivity index (χ0) is 43.3. The van der Waals surface area contributed by atoms with Crippen LogP contribution in [0.3, 0.4) is 0 Å². The zero-order valence-electron chi connectivity index (χ0n) is 35.2. The highest BCUT2D eigenvalue weighted by Gasteiger charge is 2.18. The predicted octanol–water partition coefficient (Wildman–Crippen LogP) is 14.1. The molecule has 0 aromatic heterocycles. The Labute approximate surface area is 362 Å². The highest BCUT2D eigenvalue weighted by Crippen LogP contribution is 2.42. The van der Waals surface area contributed by atoms with Crippen molar-refractivity contribution in [2.45, 2.75) is 27.7 Å². The van der Waals surface area contributed by atoms with Crippen LogP contribution in [0.2, 0.25) is 0 Å². The summed E-state index contributed by atoms with van der Waals surface area (Å²) in [4.78, 5) is 28.7. The van der Waals surface area contributed by atoms with Gasteiger partial charge in [-0.2, -0.15) is 0 Å². The molecular formula is C55H46N2O5. The van der Waals surface area contributed by atoms with Gasteiger partial charge in [0.05, 0.1) is 6.61 Å². The molecule has 0 unspecified atom stereocenters. The Kier molecular flexibility index (Phi) is 11.7. The highest BCUT2D eigenvalue weighted by molar-refractivity contribution is 5.96. The minimum Gasteiger partial charge on any atom is -0.490 e. The van der Waals surface area contributed by atoms with Gasteiger partial charge in [0, 0.05) is 46.3 Å². The topological polar surface area (TPSA) is 68.3 Å². The molecule has 0 aliphatic carbocycles. The smallest absolute Gasteiger partial charge is 0.335 e. The predicted molar refractivity (Wildman–Crippen MR) is 253 cm³/mol. The molecule has 8 aromatic rings. The fourth-order valence-corrected chi connectivity index (χ4v) is 7.55. The number of hydrogen-bond donors (Lipinski definition) is 0. The number of carbonyl (C=O) groups excluding carboxylic acids is 2. The highest BCUT2D eigenvalue weighted by atomic mass is 16.6. The Hall–Kier alpha value is -7.90. The molecule has 0 spiro atoms. The van der Waals surface area contributed by atoms with Gasteiger partial charge in [0.15, 0.2) is 11.5 Å². The zero-order valence-corrected chi connectivity index (χ0v) is 35.2. The number of hydrogen-bond acceptors (Lipinski definition) is 7. The summed E-state index contributed by atoms with van der Waals surface area (Å²) >= 11 is 0. The molecule has 306 valence electrons. The summed E-state index contributed by atoms with van der Waals surface area (Å²) in [5, 5.41) is 3.69. The van der Waals surface area contributed by atoms with Gasteiger partial charge >= 0.3 is 11.9 Å². The molecule has 0 radical (unpaired) electrons. The lowest BCUT2D eigenvalue weighted by Crippen LogP contribution is -2.10. The van der Waals surface area contributed by atoms with E-state index in [1.165, 1.54) is 11.1 Å². The van der Waals surface area contributed by atoms with E-state index in [9.17, 15) is 9.59 Å². The van der Waals surface area contributed by atoms with Crippen LogP contribution in [0.25, 0.3) is 32.7 Å². The van der Waals surface area contributed by atoms with Gasteiger partial charge < -0.3 is 24.0 Å². The number of ether oxygens (including phenoxy) is 3. The molecule has 0 N–H and O–H groups in total. The number of rotatable bonds is 13. The van der Waals surface area contributed by atoms with E-state index in [4.69, 9.17) is 14.2 Å². The van der Waals surface area contributed by atoms with Gasteiger partial charge in [-0.1, -0.05) is 84.9 Å². The van der Waals surface area contributed by atoms with E-state index in [0.29, 0.717) is 23.9 Å². The molecule has 0 bridgehead atoms. The van der Waals surface area contributed by atoms with Crippen LogP contribution in [0.5, 0.6) is 17.2 Å². The lowest BCUT2D eigenvalue weighted by Gasteiger charge is -2.27. The minimum absolute atomic E-state index is 0.332. The standard InChI is InChI=1S/C55H46N2O5/c1-7-54(58)61-51-33-41-18-28-49(31-43(41)30-38(51)6)57(50-29-19-42-34-53(62-55(59)8-2)52(60-9-3)35-44(42)32-50)48-26-16-40(17-27-48)39-14-24-47(25-15-39)56(45-20-10-36(4)11-21-45)46-22-12-37(5)13-23-46/h7-8,10-35H,1-2,9H2,3-6H3. The lowest BCUT2D eigenvalue weighted by atomic mass is 10.0. The third-order valence-electron chi connectivity index (χ3n) is 10.7. The van der Waals surface area contributed by atoms with Crippen molar-refractivity contribution in [3.63, 3.8) is 0 Å². The van der Waals surface area contributed by atoms with Crippen LogP contribution in [-0.4, -0.2) is 18.5 Å². The minimum atomic E-state index is -0.559. The lowest BCUT2D eigenvalue weighted by molar-refractivity contribution is -0.129. The molecule has 62 heavy (non-hydrogen) atoms. The van der Waals surface area contributed by atoms with Crippen molar-refractivity contribution in [3.8, 4) is 28.4 Å². The van der Waals surface area contributed by atoms with Crippen LogP contribution in [0.1, 0.15) is 23.6 Å². The van der Waals surface area contributed by atoms with Crippen molar-refractivity contribution < 1.29 is 23.8 Å². The summed E-state index contributed by atoms with van der Waals surface area (Å²) in [7, 11) is 0. The van der Waals surface area contributed by atoms with Gasteiger partial charge in [-0.3, -0.25) is 0 Å². The van der Waals surface area contributed by atoms with Crippen LogP contribution < -0.4 is 24.0 Å². The maximum Gasteiger partial charge on any atom is 0.335 e. The molecule has 0 amide bonds. The molecule has 8 rings (SSSR count). The maximum absolute atomic E-state index is 12.2. The van der Waals surface area contributed by atoms with Crippen molar-refractivity contribution in [1.29, 1.82) is 0 Å². The van der Waals surface area contributed by atoms with Crippen LogP contribution >= 0.6 is 0 Å². The first-order chi connectivity index (χ1) is 30.1. The maximum atomic E-state index is 12.2. The number of nitrogens with zero attached hydrogens (tertiary/aromatic N) is 2. The summed E-state index contributed by atoms with van der Waals surface area (Å²) in [6, 6.07) is 54.5. The van der Waals surface area contributed by atoms with E-state index in [0.717, 1.165) is 84.5 Å². The summed E-state index contributed by atoms with van der Waals surface area (Å²) in [6.07, 6.45) is 2.29. The van der Waals surface area contributed by atoms with Gasteiger partial charge in [0.1, 0.15) is 5.75 Å². The van der Waals surface area contributed by atoms with Crippen LogP contribution in [0.15, 0.2) is 183 Å². The van der Waals surface area contributed by atoms with E-state index in [1.807, 2.05) is 50.2 Å². The van der Waals surface area contributed by atoms with Crippen LogP contribution in [-0.2, 0) is 9.59 Å². The Balaban J connectivity index is 1.18. The molecule has 0 saturated heterocycles. The molecule has 0 heterocycles. The van der Waals surface area contributed by atoms with E-state index in [1.54, 1.807) is 0 Å². The third kappa shape index (κ3) is 8.69. The SMILES string of the molecule is C=CC(=O)Oc1cc2ccc(N(c3ccc(-c4ccc(N(c5ccc(C)cc5)c5ccc(C)cc5)cc4)cc3)c3ccc4cc(OC(=O)C=C)c(OCC)cc4c3)cc2cc1C.